The third kappa shape index (κ3) is 4.86. The summed E-state index contributed by atoms with van der Waals surface area (Å²) >= 11 is 0. The van der Waals surface area contributed by atoms with Crippen molar-refractivity contribution in [2.24, 2.45) is 0 Å². The number of hydrogen-bond acceptors (Lipinski definition) is 2. The zero-order valence-electron chi connectivity index (χ0n) is 21.2. The summed E-state index contributed by atoms with van der Waals surface area (Å²) in [6.45, 7) is 10.9. The van der Waals surface area contributed by atoms with Crippen molar-refractivity contribution < 1.29 is 29.4 Å². The maximum atomic E-state index is 6.28. The minimum Gasteiger partial charge on any atom is -0.527 e. The summed E-state index contributed by atoms with van der Waals surface area (Å²) in [5.74, 6) is 2.18. The van der Waals surface area contributed by atoms with E-state index >= 15 is 0 Å². The Bertz CT molecular complexity index is 1430. The molecule has 4 nitrogen and oxygen atoms in total. The van der Waals surface area contributed by atoms with Crippen LogP contribution in [0.1, 0.15) is 46.1 Å². The first-order valence-electron chi connectivity index (χ1n) is 11.9. The van der Waals surface area contributed by atoms with Crippen LogP contribution in [0.4, 0.5) is 0 Å². The number of pyridine rings is 1. The van der Waals surface area contributed by atoms with Crippen LogP contribution in [-0.4, -0.2) is 9.55 Å². The molecule has 182 valence electrons. The Morgan fingerprint density at radius 1 is 0.917 bits per heavy atom. The molecule has 0 bridgehead atoms. The van der Waals surface area contributed by atoms with Gasteiger partial charge in [-0.15, -0.1) is 41.5 Å². The minimum absolute atomic E-state index is 0. The fourth-order valence-electron chi connectivity index (χ4n) is 4.28. The first-order chi connectivity index (χ1) is 16.8. The maximum absolute atomic E-state index is 6.28. The summed E-state index contributed by atoms with van der Waals surface area (Å²) in [6.07, 6.45) is 5.30. The maximum Gasteiger partial charge on any atom is 3.00 e. The van der Waals surface area contributed by atoms with E-state index in [9.17, 15) is 0 Å². The molecule has 0 saturated heterocycles. The standard InChI is InChI=1S/C20H21N2O.C11H8N.Ir/c1-13(2)14-8-6-10-16-19(14)23-17-11-7-9-15-18(17)21(16)12-22(15)20(3,4)5;1-2-6-10(7-3-1)11-8-4-5-9-12-11;/h6-9,11,13H,1-5H3;1-6,8-9H;/q2*-1;+3. The third-order valence-electron chi connectivity index (χ3n) is 5.98. The fourth-order valence-corrected chi connectivity index (χ4v) is 4.28. The number of imidazole rings is 1. The van der Waals surface area contributed by atoms with Gasteiger partial charge in [0.2, 0.25) is 6.33 Å². The summed E-state index contributed by atoms with van der Waals surface area (Å²) in [7, 11) is 0. The Balaban J connectivity index is 0.000000198. The Kier molecular flexibility index (Phi) is 7.44. The molecule has 0 saturated carbocycles. The van der Waals surface area contributed by atoms with Crippen molar-refractivity contribution in [3.05, 3.63) is 103 Å². The number of nitrogens with zero attached hydrogens (tertiary/aromatic N) is 3. The van der Waals surface area contributed by atoms with Gasteiger partial charge in [0.1, 0.15) is 5.75 Å². The van der Waals surface area contributed by atoms with Crippen molar-refractivity contribution in [1.82, 2.24) is 9.55 Å². The van der Waals surface area contributed by atoms with E-state index in [1.54, 1.807) is 6.20 Å². The zero-order chi connectivity index (χ0) is 24.6. The molecular weight excluding hydrogens is 623 g/mol. The molecule has 6 rings (SSSR count). The van der Waals surface area contributed by atoms with Crippen LogP contribution in [0.3, 0.4) is 0 Å². The second kappa shape index (κ2) is 10.4. The molecule has 1 aliphatic heterocycles. The van der Waals surface area contributed by atoms with Crippen molar-refractivity contribution >= 4 is 11.0 Å². The Hall–Kier alpha value is -3.27. The van der Waals surface area contributed by atoms with Gasteiger partial charge < -0.3 is 18.9 Å². The quantitative estimate of drug-likeness (QED) is 0.149. The van der Waals surface area contributed by atoms with Crippen molar-refractivity contribution in [1.29, 1.82) is 0 Å². The van der Waals surface area contributed by atoms with Gasteiger partial charge >= 0.3 is 20.1 Å². The molecule has 0 aliphatic carbocycles. The van der Waals surface area contributed by atoms with Crippen LogP contribution in [0, 0.1) is 18.5 Å². The number of fused-ring (bicyclic) bond motifs is 2. The third-order valence-corrected chi connectivity index (χ3v) is 5.98. The van der Waals surface area contributed by atoms with E-state index in [4.69, 9.17) is 4.74 Å². The predicted octanol–water partition coefficient (Wildman–Crippen LogP) is 7.05. The summed E-state index contributed by atoms with van der Waals surface area (Å²) in [5.41, 5.74) is 6.29. The molecule has 0 atom stereocenters. The van der Waals surface area contributed by atoms with E-state index in [-0.39, 0.29) is 25.6 Å². The van der Waals surface area contributed by atoms with Crippen LogP contribution in [0.25, 0.3) is 28.0 Å². The average Bonchev–Trinajstić information content (AvgIpc) is 3.27. The van der Waals surface area contributed by atoms with Gasteiger partial charge in [-0.25, -0.2) is 0 Å². The normalized spacial score (nSPS) is 11.7. The monoisotopic (exact) mass is 652 g/mol. The Morgan fingerprint density at radius 3 is 2.39 bits per heavy atom. The number of benzene rings is 3. The Morgan fingerprint density at radius 2 is 1.72 bits per heavy atom. The van der Waals surface area contributed by atoms with Crippen LogP contribution in [0.15, 0.2) is 79.0 Å². The zero-order valence-corrected chi connectivity index (χ0v) is 23.6. The number of hydrogen-bond donors (Lipinski definition) is 0. The second-order valence-corrected chi connectivity index (χ2v) is 9.92. The molecule has 36 heavy (non-hydrogen) atoms. The summed E-state index contributed by atoms with van der Waals surface area (Å²) < 4.78 is 10.6. The largest absolute Gasteiger partial charge is 3.00 e. The van der Waals surface area contributed by atoms with Crippen molar-refractivity contribution in [2.45, 2.75) is 46.1 Å². The van der Waals surface area contributed by atoms with E-state index in [2.05, 4.69) is 79.3 Å². The molecule has 3 heterocycles. The van der Waals surface area contributed by atoms with Gasteiger partial charge in [0.15, 0.2) is 0 Å². The van der Waals surface area contributed by atoms with Crippen molar-refractivity contribution in [3.8, 4) is 28.4 Å². The van der Waals surface area contributed by atoms with Crippen molar-refractivity contribution in [3.63, 3.8) is 0 Å². The van der Waals surface area contributed by atoms with Crippen LogP contribution in [0.2, 0.25) is 0 Å². The number of para-hydroxylation sites is 1. The molecule has 1 aliphatic rings. The summed E-state index contributed by atoms with van der Waals surface area (Å²) in [5, 5.41) is 0. The molecule has 0 radical (unpaired) electrons. The molecule has 0 fully saturated rings. The van der Waals surface area contributed by atoms with Gasteiger partial charge in [0, 0.05) is 11.9 Å². The van der Waals surface area contributed by atoms with Gasteiger partial charge in [0.05, 0.1) is 16.6 Å². The summed E-state index contributed by atoms with van der Waals surface area (Å²) in [6, 6.07) is 30.4. The predicted molar refractivity (Wildman–Crippen MR) is 139 cm³/mol. The van der Waals surface area contributed by atoms with Gasteiger partial charge in [-0.3, -0.25) is 0 Å². The Labute approximate surface area is 226 Å². The van der Waals surface area contributed by atoms with Crippen LogP contribution >= 0.6 is 0 Å². The molecule has 2 aromatic heterocycles. The van der Waals surface area contributed by atoms with E-state index < -0.39 is 0 Å². The SMILES string of the molecule is CC(C)c1cc[c-]c2c1Oc1cccc3c1[n+]-2[c-]n3C(C)(C)C.[Ir+3].[c-]1ccccc1-c1ccccn1. The van der Waals surface area contributed by atoms with Gasteiger partial charge in [-0.05, 0) is 50.2 Å². The average molecular weight is 652 g/mol. The van der Waals surface area contributed by atoms with E-state index in [0.717, 1.165) is 39.5 Å². The number of rotatable bonds is 2. The number of aromatic nitrogens is 3. The van der Waals surface area contributed by atoms with E-state index in [0.29, 0.717) is 5.92 Å². The first kappa shape index (κ1) is 25.8. The van der Waals surface area contributed by atoms with Gasteiger partial charge in [-0.1, -0.05) is 38.1 Å². The first-order valence-corrected chi connectivity index (χ1v) is 11.9. The molecule has 0 amide bonds. The molecule has 3 aromatic carbocycles. The smallest absolute Gasteiger partial charge is 0.527 e. The molecular formula is C31H29IrN3O+. The minimum atomic E-state index is -0.0533. The van der Waals surface area contributed by atoms with Gasteiger partial charge in [0.25, 0.3) is 0 Å². The van der Waals surface area contributed by atoms with Crippen LogP contribution in [0.5, 0.6) is 11.5 Å². The second-order valence-electron chi connectivity index (χ2n) is 9.92. The van der Waals surface area contributed by atoms with Crippen LogP contribution < -0.4 is 9.30 Å². The number of ether oxygens (including phenoxy) is 1. The molecule has 0 spiro atoms. The van der Waals surface area contributed by atoms with Crippen molar-refractivity contribution in [2.75, 3.05) is 0 Å². The summed E-state index contributed by atoms with van der Waals surface area (Å²) in [4.78, 5) is 4.22. The molecule has 5 heteroatoms. The molecule has 0 N–H and O–H groups in total. The fraction of sp³-hybridized carbons (Fsp3) is 0.226. The van der Waals surface area contributed by atoms with Crippen LogP contribution in [-0.2, 0) is 25.6 Å². The van der Waals surface area contributed by atoms with Gasteiger partial charge in [-0.2, -0.15) is 18.2 Å². The topological polar surface area (TPSA) is 30.9 Å². The molecule has 5 aromatic rings. The van der Waals surface area contributed by atoms with E-state index in [1.165, 1.54) is 5.56 Å². The van der Waals surface area contributed by atoms with E-state index in [1.807, 2.05) is 60.7 Å². The molecule has 0 unspecified atom stereocenters.